The number of hydrogen-bond acceptors (Lipinski definition) is 3. The largest absolute Gasteiger partial charge is 0.360 e. The van der Waals surface area contributed by atoms with Crippen LogP contribution < -0.4 is 0 Å². The van der Waals surface area contributed by atoms with Gasteiger partial charge in [0.1, 0.15) is 12.1 Å². The summed E-state index contributed by atoms with van der Waals surface area (Å²) in [6, 6.07) is 7.41. The van der Waals surface area contributed by atoms with Crippen LogP contribution in [0.15, 0.2) is 48.1 Å². The van der Waals surface area contributed by atoms with Crippen LogP contribution in [0.3, 0.4) is 0 Å². The van der Waals surface area contributed by atoms with E-state index in [0.717, 1.165) is 23.0 Å². The second kappa shape index (κ2) is 4.90. The standard InChI is InChI=1S/C20H22N2O2/c1-5-20(4)10-15(18-19(2,3)24-18)22-17(20)16(23)13-11-21-14-9-7-6-8-12(13)14/h5-9,11,17-18,21H,1,10H2,2-4H3. The maximum Gasteiger partial charge on any atom is 0.190 e. The molecule has 124 valence electrons. The van der Waals surface area contributed by atoms with Crippen LogP contribution in [0, 0.1) is 5.41 Å². The number of para-hydroxylation sites is 1. The molecule has 1 aromatic heterocycles. The van der Waals surface area contributed by atoms with E-state index >= 15 is 0 Å². The molecule has 0 radical (unpaired) electrons. The van der Waals surface area contributed by atoms with Crippen LogP contribution in [0.5, 0.6) is 0 Å². The molecule has 4 heteroatoms. The lowest BCUT2D eigenvalue weighted by Crippen LogP contribution is -2.32. The molecule has 1 aromatic carbocycles. The van der Waals surface area contributed by atoms with E-state index in [-0.39, 0.29) is 22.9 Å². The van der Waals surface area contributed by atoms with Crippen molar-refractivity contribution in [2.75, 3.05) is 0 Å². The molecule has 3 heterocycles. The van der Waals surface area contributed by atoms with Crippen molar-refractivity contribution in [3.8, 4) is 0 Å². The molecular weight excluding hydrogens is 300 g/mol. The van der Waals surface area contributed by atoms with Crippen molar-refractivity contribution in [3.63, 3.8) is 0 Å². The van der Waals surface area contributed by atoms with Gasteiger partial charge in [0.05, 0.1) is 5.60 Å². The summed E-state index contributed by atoms with van der Waals surface area (Å²) in [5, 5.41) is 0.945. The van der Waals surface area contributed by atoms with E-state index in [4.69, 9.17) is 9.73 Å². The summed E-state index contributed by atoms with van der Waals surface area (Å²) in [5.74, 6) is 0.0447. The molecule has 2 aromatic rings. The quantitative estimate of drug-likeness (QED) is 0.527. The summed E-state index contributed by atoms with van der Waals surface area (Å²) < 4.78 is 5.73. The highest BCUT2D eigenvalue weighted by Crippen LogP contribution is 2.46. The van der Waals surface area contributed by atoms with Crippen LogP contribution in [0.1, 0.15) is 37.6 Å². The first kappa shape index (κ1) is 15.3. The Labute approximate surface area is 141 Å². The van der Waals surface area contributed by atoms with Crippen molar-refractivity contribution in [1.29, 1.82) is 0 Å². The minimum Gasteiger partial charge on any atom is -0.360 e. The number of Topliss-reactive ketones (excluding diaryl/α,β-unsaturated/α-hetero) is 1. The van der Waals surface area contributed by atoms with Gasteiger partial charge in [-0.05, 0) is 26.3 Å². The Morgan fingerprint density at radius 1 is 1.38 bits per heavy atom. The Balaban J connectivity index is 1.73. The van der Waals surface area contributed by atoms with Gasteiger partial charge in [-0.3, -0.25) is 9.79 Å². The summed E-state index contributed by atoms with van der Waals surface area (Å²) in [7, 11) is 0. The Bertz CT molecular complexity index is 877. The highest BCUT2D eigenvalue weighted by atomic mass is 16.6. The number of fused-ring (bicyclic) bond motifs is 1. The number of carbonyl (C=O) groups is 1. The number of nitrogens with zero attached hydrogens (tertiary/aromatic N) is 1. The fourth-order valence-electron chi connectivity index (χ4n) is 3.71. The lowest BCUT2D eigenvalue weighted by Gasteiger charge is -2.25. The number of epoxide rings is 1. The number of carbonyl (C=O) groups excluding carboxylic acids is 1. The molecule has 3 unspecified atom stereocenters. The van der Waals surface area contributed by atoms with Crippen molar-refractivity contribution in [2.24, 2.45) is 10.4 Å². The fourth-order valence-corrected chi connectivity index (χ4v) is 3.71. The third-order valence-electron chi connectivity index (χ3n) is 5.35. The first-order valence-electron chi connectivity index (χ1n) is 8.34. The van der Waals surface area contributed by atoms with Crippen LogP contribution in [0.4, 0.5) is 0 Å². The van der Waals surface area contributed by atoms with E-state index in [9.17, 15) is 4.79 Å². The summed E-state index contributed by atoms with van der Waals surface area (Å²) >= 11 is 0. The minimum absolute atomic E-state index is 0.0255. The van der Waals surface area contributed by atoms with E-state index in [0.29, 0.717) is 5.56 Å². The van der Waals surface area contributed by atoms with Gasteiger partial charge in [-0.2, -0.15) is 0 Å². The zero-order valence-corrected chi connectivity index (χ0v) is 14.3. The maximum absolute atomic E-state index is 13.2. The monoisotopic (exact) mass is 322 g/mol. The molecule has 2 aliphatic heterocycles. The molecule has 0 amide bonds. The molecule has 0 saturated carbocycles. The predicted molar refractivity (Wildman–Crippen MR) is 95.7 cm³/mol. The van der Waals surface area contributed by atoms with Crippen molar-refractivity contribution in [3.05, 3.63) is 48.7 Å². The first-order valence-corrected chi connectivity index (χ1v) is 8.34. The molecular formula is C20H22N2O2. The number of nitrogens with one attached hydrogen (secondary N) is 1. The Kier molecular flexibility index (Phi) is 3.13. The maximum atomic E-state index is 13.2. The van der Waals surface area contributed by atoms with Crippen molar-refractivity contribution < 1.29 is 9.53 Å². The zero-order valence-electron chi connectivity index (χ0n) is 14.3. The number of ketones is 1. The van der Waals surface area contributed by atoms with E-state index in [2.05, 4.69) is 32.3 Å². The second-order valence-corrected chi connectivity index (χ2v) is 7.62. The number of hydrogen-bond donors (Lipinski definition) is 1. The SMILES string of the molecule is C=CC1(C)CC(C2OC2(C)C)=NC1C(=O)c1c[nH]c2ccccc12. The number of ether oxygens (including phenoxy) is 1. The number of aromatic amines is 1. The molecule has 0 aliphatic carbocycles. The molecule has 4 rings (SSSR count). The molecule has 2 aliphatic rings. The minimum atomic E-state index is -0.441. The lowest BCUT2D eigenvalue weighted by atomic mass is 9.77. The summed E-state index contributed by atoms with van der Waals surface area (Å²) in [6.07, 6.45) is 4.42. The van der Waals surface area contributed by atoms with E-state index < -0.39 is 6.04 Å². The number of H-pyrrole nitrogens is 1. The zero-order chi connectivity index (χ0) is 17.1. The molecule has 4 nitrogen and oxygen atoms in total. The van der Waals surface area contributed by atoms with E-state index in [1.807, 2.05) is 30.3 Å². The highest BCUT2D eigenvalue weighted by Gasteiger charge is 2.55. The second-order valence-electron chi connectivity index (χ2n) is 7.62. The molecule has 24 heavy (non-hydrogen) atoms. The average Bonchev–Trinajstić information content (AvgIpc) is 2.91. The number of aromatic nitrogens is 1. The van der Waals surface area contributed by atoms with Gasteiger partial charge in [0, 0.05) is 33.8 Å². The van der Waals surface area contributed by atoms with Crippen molar-refractivity contribution in [1.82, 2.24) is 4.98 Å². The number of aliphatic imine (C=N–C) groups is 1. The van der Waals surface area contributed by atoms with Gasteiger partial charge in [0.2, 0.25) is 0 Å². The van der Waals surface area contributed by atoms with Gasteiger partial charge >= 0.3 is 0 Å². The van der Waals surface area contributed by atoms with Crippen molar-refractivity contribution >= 4 is 22.4 Å². The van der Waals surface area contributed by atoms with Crippen LogP contribution in [0.2, 0.25) is 0 Å². The topological polar surface area (TPSA) is 57.8 Å². The molecule has 0 spiro atoms. The first-order chi connectivity index (χ1) is 11.4. The Morgan fingerprint density at radius 3 is 2.75 bits per heavy atom. The third-order valence-corrected chi connectivity index (χ3v) is 5.35. The average molecular weight is 322 g/mol. The van der Waals surface area contributed by atoms with Crippen LogP contribution in [0.25, 0.3) is 10.9 Å². The fraction of sp³-hybridized carbons (Fsp3) is 0.400. The molecule has 1 N–H and O–H groups in total. The van der Waals surface area contributed by atoms with Crippen LogP contribution in [-0.2, 0) is 4.74 Å². The van der Waals surface area contributed by atoms with Crippen LogP contribution in [-0.4, -0.2) is 34.2 Å². The third kappa shape index (κ3) is 2.17. The van der Waals surface area contributed by atoms with E-state index in [1.165, 1.54) is 0 Å². The predicted octanol–water partition coefficient (Wildman–Crippen LogP) is 3.93. The van der Waals surface area contributed by atoms with Crippen molar-refractivity contribution in [2.45, 2.75) is 44.9 Å². The van der Waals surface area contributed by atoms with Gasteiger partial charge in [0.15, 0.2) is 5.78 Å². The summed E-state index contributed by atoms with van der Waals surface area (Å²) in [6.45, 7) is 10.1. The molecule has 1 fully saturated rings. The van der Waals surface area contributed by atoms with Gasteiger partial charge in [0.25, 0.3) is 0 Å². The Hall–Kier alpha value is -2.20. The van der Waals surface area contributed by atoms with Gasteiger partial charge < -0.3 is 9.72 Å². The molecule has 3 atom stereocenters. The summed E-state index contributed by atoms with van der Waals surface area (Å²) in [4.78, 5) is 21.2. The molecule has 1 saturated heterocycles. The molecule has 0 bridgehead atoms. The number of benzene rings is 1. The van der Waals surface area contributed by atoms with Gasteiger partial charge in [-0.25, -0.2) is 0 Å². The van der Waals surface area contributed by atoms with Gasteiger partial charge in [-0.15, -0.1) is 6.58 Å². The van der Waals surface area contributed by atoms with E-state index in [1.54, 1.807) is 6.20 Å². The smallest absolute Gasteiger partial charge is 0.190 e. The normalized spacial score (nSPS) is 31.0. The lowest BCUT2D eigenvalue weighted by molar-refractivity contribution is 0.0923. The Morgan fingerprint density at radius 2 is 2.08 bits per heavy atom. The summed E-state index contributed by atoms with van der Waals surface area (Å²) in [5.41, 5.74) is 2.12. The highest BCUT2D eigenvalue weighted by molar-refractivity contribution is 6.13. The van der Waals surface area contributed by atoms with Gasteiger partial charge in [-0.1, -0.05) is 31.2 Å². The van der Waals surface area contributed by atoms with Crippen LogP contribution >= 0.6 is 0 Å². The number of rotatable bonds is 4.